The van der Waals surface area contributed by atoms with E-state index >= 15 is 0 Å². The van der Waals surface area contributed by atoms with Gasteiger partial charge < -0.3 is 13.7 Å². The molecule has 0 saturated heterocycles. The molecule has 2 unspecified atom stereocenters. The van der Waals surface area contributed by atoms with Crippen molar-refractivity contribution in [3.63, 3.8) is 0 Å². The van der Waals surface area contributed by atoms with Crippen molar-refractivity contribution in [1.29, 1.82) is 5.26 Å². The second-order valence-electron chi connectivity index (χ2n) is 20.2. The summed E-state index contributed by atoms with van der Waals surface area (Å²) in [4.78, 5) is 1.61. The van der Waals surface area contributed by atoms with Crippen molar-refractivity contribution in [3.05, 3.63) is 230 Å². The third-order valence-electron chi connectivity index (χ3n) is 16.2. The van der Waals surface area contributed by atoms with Crippen LogP contribution in [0.3, 0.4) is 0 Å². The molecule has 15 aromatic rings. The number of nitrogens with zero attached hydrogens (tertiary/aromatic N) is 4. The molecule has 0 radical (unpaired) electrons. The van der Waals surface area contributed by atoms with Crippen LogP contribution < -0.4 is 0 Å². The zero-order valence-corrected chi connectivity index (χ0v) is 43.9. The first kappa shape index (κ1) is 43.5. The van der Waals surface area contributed by atoms with E-state index < -0.39 is 9.84 Å². The molecule has 0 fully saturated rings. The fourth-order valence-electron chi connectivity index (χ4n) is 12.8. The summed E-state index contributed by atoms with van der Waals surface area (Å²) in [5.41, 5.74) is 11.3. The van der Waals surface area contributed by atoms with Crippen LogP contribution in [0.1, 0.15) is 17.0 Å². The van der Waals surface area contributed by atoms with E-state index in [9.17, 15) is 13.7 Å². The number of sulfone groups is 1. The molecule has 0 amide bonds. The Bertz CT molecular complexity index is 5320. The summed E-state index contributed by atoms with van der Waals surface area (Å²) in [6.45, 7) is 0. The molecular weight excluding hydrogens is 1020 g/mol. The number of benzene rings is 10. The van der Waals surface area contributed by atoms with E-state index in [0.29, 0.717) is 10.8 Å². The summed E-state index contributed by atoms with van der Waals surface area (Å²) in [6, 6.07) is 69.5. The monoisotopic (exact) mass is 1060 g/mol. The molecule has 0 spiro atoms. The Morgan fingerprint density at radius 3 is 1.42 bits per heavy atom. The molecule has 1 aliphatic heterocycles. The molecule has 1 aliphatic carbocycles. The highest BCUT2D eigenvalue weighted by Gasteiger charge is 2.35. The summed E-state index contributed by atoms with van der Waals surface area (Å²) in [5.74, 6) is 0.251. The fraction of sp³-hybridized carbons (Fsp3) is 0.0299. The molecule has 0 N–H and O–H groups in total. The van der Waals surface area contributed by atoms with Crippen molar-refractivity contribution in [2.24, 2.45) is 0 Å². The Balaban J connectivity index is 1.12. The molecule has 0 saturated carbocycles. The predicted octanol–water partition coefficient (Wildman–Crippen LogP) is 18.1. The van der Waals surface area contributed by atoms with Crippen molar-refractivity contribution in [1.82, 2.24) is 13.7 Å². The van der Waals surface area contributed by atoms with Gasteiger partial charge in [-0.15, -0.1) is 34.4 Å². The Labute approximate surface area is 452 Å². The van der Waals surface area contributed by atoms with Gasteiger partial charge in [-0.1, -0.05) is 97.1 Å². The molecule has 77 heavy (non-hydrogen) atoms. The first-order valence-electron chi connectivity index (χ1n) is 25.6. The molecule has 5 aromatic heterocycles. The molecule has 6 heterocycles. The number of thioether (sulfide) groups is 1. The largest absolute Gasteiger partial charge is 0.308 e. The van der Waals surface area contributed by atoms with Gasteiger partial charge in [0.2, 0.25) is 9.84 Å². The number of nitriles is 1. The van der Waals surface area contributed by atoms with Gasteiger partial charge in [0, 0.05) is 106 Å². The zero-order valence-electron chi connectivity index (χ0n) is 40.7. The second kappa shape index (κ2) is 15.9. The van der Waals surface area contributed by atoms with Gasteiger partial charge in [0.05, 0.1) is 54.5 Å². The van der Waals surface area contributed by atoms with Crippen LogP contribution in [0.4, 0.5) is 0 Å². The van der Waals surface area contributed by atoms with E-state index in [1.54, 1.807) is 24.3 Å². The number of hydrogen-bond acceptors (Lipinski definition) is 6. The van der Waals surface area contributed by atoms with Gasteiger partial charge in [-0.25, -0.2) is 8.42 Å². The molecule has 10 aromatic carbocycles. The maximum absolute atomic E-state index is 14.4. The van der Waals surface area contributed by atoms with Gasteiger partial charge in [0.25, 0.3) is 0 Å². The van der Waals surface area contributed by atoms with E-state index in [4.69, 9.17) is 0 Å². The second-order valence-corrected chi connectivity index (χ2v) is 25.5. The van der Waals surface area contributed by atoms with Crippen LogP contribution in [0.5, 0.6) is 0 Å². The van der Waals surface area contributed by atoms with Crippen LogP contribution in [0.2, 0.25) is 0 Å². The first-order valence-corrected chi connectivity index (χ1v) is 29.6. The average Bonchev–Trinajstić information content (AvgIpc) is 3.43. The van der Waals surface area contributed by atoms with Crippen LogP contribution in [-0.2, 0) is 9.84 Å². The molecule has 2 aliphatic rings. The number of hydrogen-bond donors (Lipinski definition) is 0. The normalized spacial score (nSPS) is 15.5. The number of fused-ring (bicyclic) bond motifs is 21. The molecule has 2 atom stereocenters. The topological polar surface area (TPSA) is 72.7 Å². The highest BCUT2D eigenvalue weighted by Crippen LogP contribution is 2.55. The Hall–Kier alpha value is -8.69. The van der Waals surface area contributed by atoms with Gasteiger partial charge in [-0.2, -0.15) is 5.26 Å². The summed E-state index contributed by atoms with van der Waals surface area (Å²) in [5, 5.41) is 21.6. The average molecular weight is 1060 g/mol. The standard InChI is InChI=1S/C67H38N4O2S4/c68-37-38-23-27-42(28-24-38)77(72,73)43-29-25-41(26-30-43)71-55-33-49-46-19-9-12-22-58(46)76-61(49)36-52(55)64-66-62(50-34-59-47(44-17-7-10-20-56(44)74-59)31-53(50)69(66)39-13-3-1-4-14-39)65-63(67(64)71)51-35-60-48(45-18-8-11-21-57(45)75-60)32-54(51)70(65)40-15-5-2-6-16-40/h1-36,45,57H. The highest BCUT2D eigenvalue weighted by atomic mass is 32.2. The number of para-hydroxylation sites is 2. The highest BCUT2D eigenvalue weighted by molar-refractivity contribution is 8.00. The van der Waals surface area contributed by atoms with Crippen molar-refractivity contribution in [2.45, 2.75) is 25.9 Å². The van der Waals surface area contributed by atoms with E-state index in [0.717, 1.165) is 71.7 Å². The van der Waals surface area contributed by atoms with Gasteiger partial charge in [0.1, 0.15) is 0 Å². The van der Waals surface area contributed by atoms with Gasteiger partial charge in [-0.3, -0.25) is 0 Å². The predicted molar refractivity (Wildman–Crippen MR) is 323 cm³/mol. The number of aromatic nitrogens is 3. The molecule has 10 heteroatoms. The molecule has 0 bridgehead atoms. The smallest absolute Gasteiger partial charge is 0.206 e. The van der Waals surface area contributed by atoms with E-state index in [2.05, 4.69) is 190 Å². The lowest BCUT2D eigenvalue weighted by atomic mass is 9.91. The van der Waals surface area contributed by atoms with Crippen molar-refractivity contribution in [3.8, 4) is 23.1 Å². The van der Waals surface area contributed by atoms with Crippen LogP contribution in [0.15, 0.2) is 233 Å². The van der Waals surface area contributed by atoms with Crippen molar-refractivity contribution < 1.29 is 8.42 Å². The third-order valence-corrected chi connectivity index (χ3v) is 21.6. The van der Waals surface area contributed by atoms with Gasteiger partial charge in [-0.05, 0) is 127 Å². The SMILES string of the molecule is N#Cc1ccc(S(=O)(=O)c2ccc(-n3c4cc5c(cc4c4c6c(c7cc8sc9ccccc9c8cc7n6-c6ccccc6)c6c(c7cc8c(cc7n6-c6ccccc6)C6C=CC=CC6S8)c43)sc3ccccc35)cc2)cc1. The molecular formula is C67H38N4O2S4. The lowest BCUT2D eigenvalue weighted by Gasteiger charge is -2.15. The number of allylic oxidation sites excluding steroid dienone is 3. The first-order chi connectivity index (χ1) is 37.9. The minimum atomic E-state index is -3.93. The van der Waals surface area contributed by atoms with Crippen molar-refractivity contribution >= 4 is 150 Å². The maximum Gasteiger partial charge on any atom is 0.206 e. The van der Waals surface area contributed by atoms with Crippen LogP contribution in [-0.4, -0.2) is 27.4 Å². The summed E-state index contributed by atoms with van der Waals surface area (Å²) in [7, 11) is -3.93. The maximum atomic E-state index is 14.4. The van der Waals surface area contributed by atoms with E-state index in [1.165, 1.54) is 73.7 Å². The lowest BCUT2D eigenvalue weighted by Crippen LogP contribution is -2.06. The summed E-state index contributed by atoms with van der Waals surface area (Å²) < 4.78 is 41.2. The quantitative estimate of drug-likeness (QED) is 0.172. The van der Waals surface area contributed by atoms with Crippen LogP contribution >= 0.6 is 34.4 Å². The molecule has 6 nitrogen and oxygen atoms in total. The van der Waals surface area contributed by atoms with E-state index in [1.807, 2.05) is 46.6 Å². The zero-order chi connectivity index (χ0) is 50.8. The minimum Gasteiger partial charge on any atom is -0.308 e. The Morgan fingerprint density at radius 1 is 0.429 bits per heavy atom. The Morgan fingerprint density at radius 2 is 0.883 bits per heavy atom. The van der Waals surface area contributed by atoms with Gasteiger partial charge >= 0.3 is 0 Å². The van der Waals surface area contributed by atoms with Crippen LogP contribution in [0, 0.1) is 11.3 Å². The fourth-order valence-corrected chi connectivity index (χ4v) is 17.7. The molecule has 362 valence electrons. The molecule has 17 rings (SSSR count). The Kier molecular flexibility index (Phi) is 9.01. The summed E-state index contributed by atoms with van der Waals surface area (Å²) >= 11 is 5.62. The van der Waals surface area contributed by atoms with Gasteiger partial charge in [0.15, 0.2) is 0 Å². The van der Waals surface area contributed by atoms with E-state index in [-0.39, 0.29) is 15.7 Å². The third kappa shape index (κ3) is 6.02. The number of rotatable bonds is 5. The van der Waals surface area contributed by atoms with Crippen molar-refractivity contribution in [2.75, 3.05) is 0 Å². The number of thiophene rings is 2. The van der Waals surface area contributed by atoms with Crippen LogP contribution in [0.25, 0.3) is 123 Å². The minimum absolute atomic E-state index is 0.142. The lowest BCUT2D eigenvalue weighted by molar-refractivity contribution is 0.596. The summed E-state index contributed by atoms with van der Waals surface area (Å²) in [6.07, 6.45) is 9.09.